The molecule has 1 aliphatic rings. The summed E-state index contributed by atoms with van der Waals surface area (Å²) in [5, 5.41) is 10.4. The van der Waals surface area contributed by atoms with Crippen LogP contribution in [0.4, 0.5) is 8.78 Å². The number of phenolic OH excluding ortho intramolecular Hbond substituents is 1. The lowest BCUT2D eigenvalue weighted by molar-refractivity contribution is -0.129. The van der Waals surface area contributed by atoms with E-state index in [1.165, 1.54) is 22.8 Å². The number of benzene rings is 1. The summed E-state index contributed by atoms with van der Waals surface area (Å²) < 4.78 is 33.1. The van der Waals surface area contributed by atoms with Crippen molar-refractivity contribution in [3.05, 3.63) is 92.8 Å². The van der Waals surface area contributed by atoms with Crippen LogP contribution in [0.3, 0.4) is 0 Å². The third kappa shape index (κ3) is 4.68. The van der Waals surface area contributed by atoms with Gasteiger partial charge in [-0.2, -0.15) is 0 Å². The fourth-order valence-electron chi connectivity index (χ4n) is 5.82. The number of piperidine rings is 1. The zero-order valence-electron chi connectivity index (χ0n) is 23.8. The normalized spacial score (nSPS) is 17.2. The summed E-state index contributed by atoms with van der Waals surface area (Å²) in [5.74, 6) is -2.83. The van der Waals surface area contributed by atoms with E-state index in [9.17, 15) is 23.9 Å². The summed E-state index contributed by atoms with van der Waals surface area (Å²) in [6, 6.07) is 5.44. The highest BCUT2D eigenvalue weighted by Crippen LogP contribution is 2.36. The molecule has 3 aromatic heterocycles. The Labute approximate surface area is 240 Å². The van der Waals surface area contributed by atoms with Gasteiger partial charge in [-0.05, 0) is 62.4 Å². The van der Waals surface area contributed by atoms with Crippen molar-refractivity contribution in [2.75, 3.05) is 6.54 Å². The summed E-state index contributed by atoms with van der Waals surface area (Å²) in [5.41, 5.74) is -1.39. The lowest BCUT2D eigenvalue weighted by atomic mass is 9.97. The third-order valence-electron chi connectivity index (χ3n) is 7.84. The van der Waals surface area contributed by atoms with Crippen molar-refractivity contribution < 1.29 is 18.7 Å². The second kappa shape index (κ2) is 11.0. The van der Waals surface area contributed by atoms with E-state index in [2.05, 4.69) is 16.5 Å². The van der Waals surface area contributed by atoms with Crippen LogP contribution < -0.4 is 11.1 Å². The number of fused-ring (bicyclic) bond motifs is 1. The minimum Gasteiger partial charge on any atom is -0.507 e. The summed E-state index contributed by atoms with van der Waals surface area (Å²) in [6.07, 6.45) is 3.46. The van der Waals surface area contributed by atoms with E-state index in [-0.39, 0.29) is 29.0 Å². The van der Waals surface area contributed by atoms with Gasteiger partial charge in [0, 0.05) is 30.9 Å². The van der Waals surface area contributed by atoms with Gasteiger partial charge in [0.1, 0.15) is 17.3 Å². The van der Waals surface area contributed by atoms with Crippen LogP contribution >= 0.6 is 0 Å². The van der Waals surface area contributed by atoms with E-state index in [0.29, 0.717) is 36.3 Å². The van der Waals surface area contributed by atoms with Gasteiger partial charge in [0.25, 0.3) is 0 Å². The Bertz CT molecular complexity index is 1840. The van der Waals surface area contributed by atoms with E-state index < -0.39 is 45.8 Å². The van der Waals surface area contributed by atoms with Crippen LogP contribution in [0.25, 0.3) is 28.1 Å². The fourth-order valence-corrected chi connectivity index (χ4v) is 5.82. The highest BCUT2D eigenvalue weighted by atomic mass is 19.1. The van der Waals surface area contributed by atoms with Gasteiger partial charge in [0.2, 0.25) is 5.91 Å². The maximum atomic E-state index is 15.8. The minimum atomic E-state index is -0.986. The topological polar surface area (TPSA) is 110 Å². The molecule has 1 saturated heterocycles. The van der Waals surface area contributed by atoms with Gasteiger partial charge in [-0.1, -0.05) is 26.5 Å². The number of hydrogen-bond donors (Lipinski definition) is 1. The average Bonchev–Trinajstić information content (AvgIpc) is 2.94. The molecular weight excluding hydrogens is 544 g/mol. The number of carbonyl (C=O) groups excluding carboxylic acids is 1. The van der Waals surface area contributed by atoms with Gasteiger partial charge in [-0.15, -0.1) is 0 Å². The van der Waals surface area contributed by atoms with Gasteiger partial charge < -0.3 is 10.0 Å². The van der Waals surface area contributed by atoms with Gasteiger partial charge in [-0.3, -0.25) is 28.5 Å². The Balaban J connectivity index is 1.87. The molecule has 9 nitrogen and oxygen atoms in total. The first-order valence-corrected chi connectivity index (χ1v) is 13.7. The van der Waals surface area contributed by atoms with Crippen LogP contribution in [0, 0.1) is 18.6 Å². The predicted octanol–water partition coefficient (Wildman–Crippen LogP) is 4.76. The Morgan fingerprint density at radius 1 is 1.17 bits per heavy atom. The van der Waals surface area contributed by atoms with Crippen molar-refractivity contribution in [3.63, 3.8) is 0 Å². The molecule has 1 amide bonds. The minimum absolute atomic E-state index is 0.0235. The quantitative estimate of drug-likeness (QED) is 0.271. The Kier molecular flexibility index (Phi) is 7.53. The standard InChI is InChI=1S/C31H31F2N5O4/c1-6-24(40)36-13-11-19(14-18(36)5)37-22-15-21(33)27(25-20(32)8-7-9-23(25)39)35-29(22)38(31(42)30(37)41)28-17(4)10-12-34-26(28)16(2)3/h6-10,12,15-16,18-19,39H,1,11,13-14H2,2-5H3/t18-,19?/m1/s1. The highest BCUT2D eigenvalue weighted by Gasteiger charge is 2.32. The molecule has 4 heterocycles. The molecule has 0 radical (unpaired) electrons. The molecule has 42 heavy (non-hydrogen) atoms. The molecule has 218 valence electrons. The molecule has 0 spiro atoms. The number of aromatic nitrogens is 4. The number of rotatable bonds is 5. The van der Waals surface area contributed by atoms with Crippen LogP contribution in [0.15, 0.2) is 58.8 Å². The zero-order chi connectivity index (χ0) is 30.5. The smallest absolute Gasteiger partial charge is 0.322 e. The SMILES string of the molecule is C=CC(=O)N1CCC(n2c(=O)c(=O)n(-c3c(C)ccnc3C(C)C)c3nc(-c4c(O)cccc4F)c(F)cc32)C[C@H]1C. The molecular formula is C31H31F2N5O4. The van der Waals surface area contributed by atoms with Crippen molar-refractivity contribution in [2.45, 2.75) is 58.5 Å². The number of nitrogens with zero attached hydrogens (tertiary/aromatic N) is 5. The van der Waals surface area contributed by atoms with E-state index in [1.54, 1.807) is 24.1 Å². The summed E-state index contributed by atoms with van der Waals surface area (Å²) >= 11 is 0. The Hall–Kier alpha value is -4.67. The molecule has 0 saturated carbocycles. The molecule has 4 aromatic rings. The second-order valence-corrected chi connectivity index (χ2v) is 10.9. The van der Waals surface area contributed by atoms with E-state index >= 15 is 4.39 Å². The number of pyridine rings is 2. The highest BCUT2D eigenvalue weighted by molar-refractivity contribution is 5.87. The monoisotopic (exact) mass is 575 g/mol. The third-order valence-corrected chi connectivity index (χ3v) is 7.84. The zero-order valence-corrected chi connectivity index (χ0v) is 23.8. The summed E-state index contributed by atoms with van der Waals surface area (Å²) in [4.78, 5) is 50.7. The first-order valence-electron chi connectivity index (χ1n) is 13.7. The largest absolute Gasteiger partial charge is 0.507 e. The lowest BCUT2D eigenvalue weighted by Gasteiger charge is -2.38. The first kappa shape index (κ1) is 28.8. The Morgan fingerprint density at radius 2 is 1.90 bits per heavy atom. The number of halogens is 2. The van der Waals surface area contributed by atoms with Crippen LogP contribution in [0.1, 0.15) is 56.8 Å². The van der Waals surface area contributed by atoms with Crippen molar-refractivity contribution in [2.24, 2.45) is 0 Å². The van der Waals surface area contributed by atoms with Crippen LogP contribution in [-0.4, -0.2) is 47.6 Å². The van der Waals surface area contributed by atoms with Crippen LogP contribution in [0.5, 0.6) is 5.75 Å². The Morgan fingerprint density at radius 3 is 2.55 bits per heavy atom. The number of phenols is 1. The molecule has 0 aliphatic carbocycles. The van der Waals surface area contributed by atoms with E-state index in [0.717, 1.165) is 16.7 Å². The summed E-state index contributed by atoms with van der Waals surface area (Å²) in [7, 11) is 0. The number of likely N-dealkylation sites (tertiary alicyclic amines) is 1. The summed E-state index contributed by atoms with van der Waals surface area (Å²) in [6.45, 7) is 11.2. The number of aryl methyl sites for hydroxylation is 1. The molecule has 1 aliphatic heterocycles. The molecule has 11 heteroatoms. The number of carbonyl (C=O) groups is 1. The van der Waals surface area contributed by atoms with Crippen molar-refractivity contribution in [1.82, 2.24) is 24.0 Å². The number of aromatic hydroxyl groups is 1. The van der Waals surface area contributed by atoms with Crippen LogP contribution in [0.2, 0.25) is 0 Å². The maximum absolute atomic E-state index is 15.8. The first-order chi connectivity index (χ1) is 20.0. The molecule has 1 N–H and O–H groups in total. The van der Waals surface area contributed by atoms with Crippen molar-refractivity contribution >= 4 is 17.1 Å². The predicted molar refractivity (Wildman–Crippen MR) is 155 cm³/mol. The van der Waals surface area contributed by atoms with Gasteiger partial charge in [-0.25, -0.2) is 13.8 Å². The molecule has 1 fully saturated rings. The molecule has 1 aromatic carbocycles. The average molecular weight is 576 g/mol. The molecule has 1 unspecified atom stereocenters. The lowest BCUT2D eigenvalue weighted by Crippen LogP contribution is -2.48. The molecule has 0 bridgehead atoms. The van der Waals surface area contributed by atoms with E-state index in [4.69, 9.17) is 0 Å². The van der Waals surface area contributed by atoms with Gasteiger partial charge >= 0.3 is 11.1 Å². The van der Waals surface area contributed by atoms with Gasteiger partial charge in [0.15, 0.2) is 11.5 Å². The van der Waals surface area contributed by atoms with Crippen molar-refractivity contribution in [1.29, 1.82) is 0 Å². The van der Waals surface area contributed by atoms with Crippen LogP contribution in [-0.2, 0) is 4.79 Å². The number of amides is 1. The fraction of sp³-hybridized carbons (Fsp3) is 0.323. The molecule has 2 atom stereocenters. The number of hydrogen-bond acceptors (Lipinski definition) is 6. The van der Waals surface area contributed by atoms with Crippen molar-refractivity contribution in [3.8, 4) is 22.7 Å². The van der Waals surface area contributed by atoms with E-state index in [1.807, 2.05) is 20.8 Å². The second-order valence-electron chi connectivity index (χ2n) is 10.9. The van der Waals surface area contributed by atoms with Gasteiger partial charge in [0.05, 0.1) is 22.5 Å². The maximum Gasteiger partial charge on any atom is 0.322 e. The molecule has 5 rings (SSSR count).